The molecule has 21 heavy (non-hydrogen) atoms. The van der Waals surface area contributed by atoms with E-state index in [0.29, 0.717) is 17.8 Å². The van der Waals surface area contributed by atoms with Crippen molar-refractivity contribution in [2.45, 2.75) is 70.9 Å². The van der Waals surface area contributed by atoms with E-state index >= 15 is 0 Å². The van der Waals surface area contributed by atoms with Gasteiger partial charge in [-0.25, -0.2) is 0 Å². The summed E-state index contributed by atoms with van der Waals surface area (Å²) in [7, 11) is 1.70. The Labute approximate surface area is 127 Å². The predicted octanol–water partition coefficient (Wildman–Crippen LogP) is 3.05. The van der Waals surface area contributed by atoms with Crippen molar-refractivity contribution in [2.24, 2.45) is 5.92 Å². The number of nitrogens with one attached hydrogen (secondary N) is 1. The van der Waals surface area contributed by atoms with Crippen molar-refractivity contribution in [3.05, 3.63) is 11.7 Å². The summed E-state index contributed by atoms with van der Waals surface area (Å²) in [6.45, 7) is 7.27. The molecule has 3 unspecified atom stereocenters. The lowest BCUT2D eigenvalue weighted by Crippen LogP contribution is -2.39. The number of rotatable bonds is 7. The first-order valence-electron chi connectivity index (χ1n) is 8.24. The molecule has 120 valence electrons. The van der Waals surface area contributed by atoms with Crippen molar-refractivity contribution < 1.29 is 9.26 Å². The molecule has 1 saturated carbocycles. The molecule has 0 radical (unpaired) electrons. The summed E-state index contributed by atoms with van der Waals surface area (Å²) in [5, 5.41) is 7.73. The van der Waals surface area contributed by atoms with Crippen LogP contribution in [0.2, 0.25) is 0 Å². The van der Waals surface area contributed by atoms with Crippen LogP contribution in [0.3, 0.4) is 0 Å². The number of hydrogen-bond donors (Lipinski definition) is 1. The van der Waals surface area contributed by atoms with Crippen LogP contribution in [-0.4, -0.2) is 29.8 Å². The zero-order chi connectivity index (χ0) is 15.3. The van der Waals surface area contributed by atoms with E-state index in [9.17, 15) is 0 Å². The molecule has 1 aliphatic carbocycles. The molecule has 0 aromatic carbocycles. The Bertz CT molecular complexity index is 427. The highest BCUT2D eigenvalue weighted by atomic mass is 16.5. The van der Waals surface area contributed by atoms with Crippen molar-refractivity contribution in [2.75, 3.05) is 13.7 Å². The van der Waals surface area contributed by atoms with Crippen molar-refractivity contribution >= 4 is 0 Å². The van der Waals surface area contributed by atoms with Gasteiger partial charge in [0.2, 0.25) is 11.7 Å². The lowest BCUT2D eigenvalue weighted by Gasteiger charge is -2.31. The van der Waals surface area contributed by atoms with E-state index in [1.54, 1.807) is 7.11 Å². The third kappa shape index (κ3) is 3.83. The van der Waals surface area contributed by atoms with Gasteiger partial charge in [-0.1, -0.05) is 31.8 Å². The monoisotopic (exact) mass is 295 g/mol. The van der Waals surface area contributed by atoms with Crippen molar-refractivity contribution in [3.63, 3.8) is 0 Å². The van der Waals surface area contributed by atoms with Crippen molar-refractivity contribution in [3.8, 4) is 0 Å². The van der Waals surface area contributed by atoms with Crippen LogP contribution in [0.4, 0.5) is 0 Å². The molecular weight excluding hydrogens is 266 g/mol. The Morgan fingerprint density at radius 3 is 2.76 bits per heavy atom. The third-order valence-electron chi connectivity index (χ3n) is 4.88. The molecule has 1 heterocycles. The summed E-state index contributed by atoms with van der Waals surface area (Å²) in [4.78, 5) is 4.58. The van der Waals surface area contributed by atoms with Gasteiger partial charge in [0.25, 0.3) is 0 Å². The minimum Gasteiger partial charge on any atom is -0.370 e. The normalized spacial score (nSPS) is 25.7. The molecule has 0 bridgehead atoms. The second-order valence-electron chi connectivity index (χ2n) is 6.21. The molecule has 1 aliphatic rings. The topological polar surface area (TPSA) is 60.2 Å². The van der Waals surface area contributed by atoms with Crippen molar-refractivity contribution in [1.82, 2.24) is 15.5 Å². The van der Waals surface area contributed by atoms with E-state index < -0.39 is 5.60 Å². The highest BCUT2D eigenvalue weighted by Crippen LogP contribution is 2.29. The largest absolute Gasteiger partial charge is 0.370 e. The van der Waals surface area contributed by atoms with Gasteiger partial charge < -0.3 is 14.6 Å². The van der Waals surface area contributed by atoms with Crippen LogP contribution in [0.15, 0.2) is 4.52 Å². The van der Waals surface area contributed by atoms with Crippen LogP contribution in [0.5, 0.6) is 0 Å². The van der Waals surface area contributed by atoms with E-state index in [0.717, 1.165) is 25.3 Å². The third-order valence-corrected chi connectivity index (χ3v) is 4.88. The van der Waals surface area contributed by atoms with Gasteiger partial charge in [-0.05, 0) is 38.6 Å². The summed E-state index contributed by atoms with van der Waals surface area (Å²) < 4.78 is 11.0. The van der Waals surface area contributed by atoms with Crippen LogP contribution >= 0.6 is 0 Å². The molecule has 1 N–H and O–H groups in total. The Kier molecular flexibility index (Phi) is 5.76. The highest BCUT2D eigenvalue weighted by Gasteiger charge is 2.31. The molecule has 2 rings (SSSR count). The fourth-order valence-corrected chi connectivity index (χ4v) is 3.15. The first-order valence-corrected chi connectivity index (χ1v) is 8.24. The van der Waals surface area contributed by atoms with Crippen LogP contribution in [0, 0.1) is 5.92 Å². The van der Waals surface area contributed by atoms with Crippen molar-refractivity contribution in [1.29, 1.82) is 0 Å². The number of ether oxygens (including phenoxy) is 1. The van der Waals surface area contributed by atoms with E-state index in [1.807, 2.05) is 6.92 Å². The van der Waals surface area contributed by atoms with Gasteiger partial charge in [0, 0.05) is 19.6 Å². The average Bonchev–Trinajstić information content (AvgIpc) is 2.98. The zero-order valence-corrected chi connectivity index (χ0v) is 13.8. The molecular formula is C16H29N3O2. The predicted molar refractivity (Wildman–Crippen MR) is 82.1 cm³/mol. The highest BCUT2D eigenvalue weighted by molar-refractivity contribution is 5.00. The average molecular weight is 295 g/mol. The maximum atomic E-state index is 5.54. The van der Waals surface area contributed by atoms with Crippen LogP contribution in [0.25, 0.3) is 0 Å². The Morgan fingerprint density at radius 1 is 1.33 bits per heavy atom. The van der Waals surface area contributed by atoms with E-state index in [4.69, 9.17) is 9.26 Å². The molecule has 0 aliphatic heterocycles. The molecule has 1 fully saturated rings. The molecule has 1 aromatic rings. The second kappa shape index (κ2) is 7.36. The Morgan fingerprint density at radius 2 is 2.10 bits per heavy atom. The van der Waals surface area contributed by atoms with E-state index in [-0.39, 0.29) is 0 Å². The molecule has 5 heteroatoms. The van der Waals surface area contributed by atoms with Crippen LogP contribution < -0.4 is 5.32 Å². The fraction of sp³-hybridized carbons (Fsp3) is 0.875. The summed E-state index contributed by atoms with van der Waals surface area (Å²) in [6, 6.07) is 0.582. The molecule has 3 atom stereocenters. The van der Waals surface area contributed by atoms with E-state index in [2.05, 4.69) is 29.3 Å². The number of aromatic nitrogens is 2. The second-order valence-corrected chi connectivity index (χ2v) is 6.21. The Balaban J connectivity index is 2.04. The summed E-state index contributed by atoms with van der Waals surface area (Å²) in [5.74, 6) is 2.01. The molecule has 0 spiro atoms. The quantitative estimate of drug-likeness (QED) is 0.837. The van der Waals surface area contributed by atoms with Crippen LogP contribution in [-0.2, 0) is 16.8 Å². The standard InChI is InChI=1S/C16H29N3O2/c1-5-16(3,20-4)15-18-14(21-19-15)11-12-9-7-8-10-13(12)17-6-2/h12-13,17H,5-11H2,1-4H3. The minimum absolute atomic E-state index is 0.449. The number of methoxy groups -OCH3 is 1. The number of nitrogens with zero attached hydrogens (tertiary/aromatic N) is 2. The molecule has 1 aromatic heterocycles. The van der Waals surface area contributed by atoms with Crippen LogP contribution in [0.1, 0.15) is 64.6 Å². The van der Waals surface area contributed by atoms with E-state index in [1.165, 1.54) is 25.7 Å². The van der Waals surface area contributed by atoms with Gasteiger partial charge in [0.05, 0.1) is 0 Å². The van der Waals surface area contributed by atoms with Gasteiger partial charge in [0.15, 0.2) is 0 Å². The molecule has 5 nitrogen and oxygen atoms in total. The zero-order valence-electron chi connectivity index (χ0n) is 13.8. The van der Waals surface area contributed by atoms with Gasteiger partial charge in [-0.15, -0.1) is 0 Å². The Hall–Kier alpha value is -0.940. The fourth-order valence-electron chi connectivity index (χ4n) is 3.15. The van der Waals surface area contributed by atoms with Gasteiger partial charge in [-0.2, -0.15) is 4.98 Å². The lowest BCUT2D eigenvalue weighted by atomic mass is 9.82. The SMILES string of the molecule is CCNC1CCCCC1Cc1nc(C(C)(CC)OC)no1. The summed E-state index contributed by atoms with van der Waals surface area (Å²) in [6.07, 6.45) is 6.81. The molecule has 0 amide bonds. The number of hydrogen-bond acceptors (Lipinski definition) is 5. The minimum atomic E-state index is -0.449. The van der Waals surface area contributed by atoms with Gasteiger partial charge >= 0.3 is 0 Å². The lowest BCUT2D eigenvalue weighted by molar-refractivity contribution is -0.0106. The van der Waals surface area contributed by atoms with Gasteiger partial charge in [0.1, 0.15) is 5.60 Å². The molecule has 0 saturated heterocycles. The smallest absolute Gasteiger partial charge is 0.227 e. The first kappa shape index (κ1) is 16.4. The maximum Gasteiger partial charge on any atom is 0.227 e. The first-order chi connectivity index (χ1) is 10.1. The van der Waals surface area contributed by atoms with Gasteiger partial charge in [-0.3, -0.25) is 0 Å². The summed E-state index contributed by atoms with van der Waals surface area (Å²) >= 11 is 0. The maximum absolute atomic E-state index is 5.54. The summed E-state index contributed by atoms with van der Waals surface area (Å²) in [5.41, 5.74) is -0.449.